The molecule has 4 rings (SSSR count). The highest BCUT2D eigenvalue weighted by molar-refractivity contribution is 7.39. The standard InChI is InChI=1S/C48H73O4P/c1-3-5-7-9-11-13-15-17-19-21-26-40-27-25-29-46(45(40)28-22-20-18-16-14-12-10-8-6-4-2)47-30-23-24-39-48(47,41-31-35-43(49)36-32-41)42-33-37-44(38-34-42)52-53(50)51/h25,27,29,31-38,47,49-51H,3-24,26,28,30,39H2,1-2H3. The summed E-state index contributed by atoms with van der Waals surface area (Å²) in [7, 11) is -2.47. The van der Waals surface area contributed by atoms with E-state index in [0.717, 1.165) is 32.1 Å². The Morgan fingerprint density at radius 1 is 0.585 bits per heavy atom. The molecule has 53 heavy (non-hydrogen) atoms. The summed E-state index contributed by atoms with van der Waals surface area (Å²) < 4.78 is 5.29. The number of unbranched alkanes of at least 4 members (excludes halogenated alkanes) is 18. The third kappa shape index (κ3) is 14.0. The van der Waals surface area contributed by atoms with E-state index >= 15 is 0 Å². The second kappa shape index (κ2) is 24.9. The van der Waals surface area contributed by atoms with E-state index in [-0.39, 0.29) is 5.41 Å². The van der Waals surface area contributed by atoms with Gasteiger partial charge in [-0.1, -0.05) is 185 Å². The number of hydrogen-bond donors (Lipinski definition) is 3. The molecule has 1 fully saturated rings. The zero-order chi connectivity index (χ0) is 37.6. The van der Waals surface area contributed by atoms with E-state index in [2.05, 4.69) is 56.3 Å². The highest BCUT2D eigenvalue weighted by atomic mass is 31.2. The molecule has 0 bridgehead atoms. The second-order valence-electron chi connectivity index (χ2n) is 16.0. The van der Waals surface area contributed by atoms with Crippen molar-refractivity contribution in [3.05, 3.63) is 94.5 Å². The average molecular weight is 745 g/mol. The number of benzene rings is 3. The van der Waals surface area contributed by atoms with Gasteiger partial charge in [0.15, 0.2) is 0 Å². The van der Waals surface area contributed by atoms with Crippen LogP contribution in [0.2, 0.25) is 0 Å². The molecule has 0 aromatic heterocycles. The van der Waals surface area contributed by atoms with Crippen molar-refractivity contribution in [3.63, 3.8) is 0 Å². The molecule has 0 heterocycles. The summed E-state index contributed by atoms with van der Waals surface area (Å²) >= 11 is 0. The van der Waals surface area contributed by atoms with E-state index < -0.39 is 8.60 Å². The lowest BCUT2D eigenvalue weighted by atomic mass is 9.56. The molecule has 0 radical (unpaired) electrons. The molecular formula is C48H73O4P. The molecule has 3 aromatic rings. The molecule has 294 valence electrons. The maximum Gasteiger partial charge on any atom is 0.391 e. The quantitative estimate of drug-likeness (QED) is 0.0537. The fraction of sp³-hybridized carbons (Fsp3) is 0.625. The number of hydrogen-bond acceptors (Lipinski definition) is 4. The third-order valence-corrected chi connectivity index (χ3v) is 12.5. The van der Waals surface area contributed by atoms with Crippen molar-refractivity contribution in [2.75, 3.05) is 0 Å². The maximum atomic E-state index is 10.3. The van der Waals surface area contributed by atoms with Gasteiger partial charge in [0.05, 0.1) is 0 Å². The van der Waals surface area contributed by atoms with Gasteiger partial charge < -0.3 is 19.4 Å². The molecule has 3 aromatic carbocycles. The molecular weight excluding hydrogens is 671 g/mol. The molecule has 2 atom stereocenters. The Bertz CT molecular complexity index is 1390. The van der Waals surface area contributed by atoms with Gasteiger partial charge in [-0.15, -0.1) is 0 Å². The van der Waals surface area contributed by atoms with Crippen LogP contribution in [-0.2, 0) is 18.3 Å². The molecule has 1 saturated carbocycles. The Morgan fingerprint density at radius 2 is 1.08 bits per heavy atom. The Kier molecular flexibility index (Phi) is 20.4. The molecule has 2 unspecified atom stereocenters. The molecule has 4 nitrogen and oxygen atoms in total. The van der Waals surface area contributed by atoms with Gasteiger partial charge in [0.2, 0.25) is 0 Å². The maximum absolute atomic E-state index is 10.3. The van der Waals surface area contributed by atoms with Crippen molar-refractivity contribution < 1.29 is 19.4 Å². The van der Waals surface area contributed by atoms with Crippen molar-refractivity contribution in [2.45, 2.75) is 192 Å². The molecule has 1 aliphatic rings. The Morgan fingerprint density at radius 3 is 1.60 bits per heavy atom. The molecule has 0 saturated heterocycles. The molecule has 0 amide bonds. The van der Waals surface area contributed by atoms with E-state index in [4.69, 9.17) is 4.52 Å². The van der Waals surface area contributed by atoms with E-state index in [0.29, 0.717) is 17.4 Å². The van der Waals surface area contributed by atoms with Crippen molar-refractivity contribution in [1.29, 1.82) is 0 Å². The number of rotatable bonds is 27. The molecule has 3 N–H and O–H groups in total. The summed E-state index contributed by atoms with van der Waals surface area (Å²) in [5.74, 6) is 1.06. The summed E-state index contributed by atoms with van der Waals surface area (Å²) in [6.45, 7) is 4.59. The SMILES string of the molecule is CCCCCCCCCCCCc1cccc(C2CCCCC2(c2ccc(O)cc2)c2ccc(OP(O)O)cc2)c1CCCCCCCCCCCC. The van der Waals surface area contributed by atoms with Gasteiger partial charge in [-0.05, 0) is 96.5 Å². The van der Waals surface area contributed by atoms with E-state index in [1.807, 2.05) is 24.3 Å². The number of aromatic hydroxyl groups is 1. The Labute approximate surface area is 325 Å². The summed E-state index contributed by atoms with van der Waals surface area (Å²) in [4.78, 5) is 19.0. The van der Waals surface area contributed by atoms with Gasteiger partial charge in [-0.25, -0.2) is 0 Å². The van der Waals surface area contributed by atoms with Crippen LogP contribution < -0.4 is 4.52 Å². The first-order chi connectivity index (χ1) is 26.0. The zero-order valence-electron chi connectivity index (χ0n) is 33.5. The molecule has 1 aliphatic carbocycles. The summed E-state index contributed by atoms with van der Waals surface area (Å²) in [6.07, 6.45) is 33.9. The van der Waals surface area contributed by atoms with Crippen LogP contribution in [0.15, 0.2) is 66.7 Å². The van der Waals surface area contributed by atoms with Crippen LogP contribution in [0.1, 0.15) is 202 Å². The van der Waals surface area contributed by atoms with Crippen molar-refractivity contribution in [3.8, 4) is 11.5 Å². The first kappa shape index (κ1) is 43.3. The van der Waals surface area contributed by atoms with E-state index in [9.17, 15) is 14.9 Å². The average Bonchev–Trinajstić information content (AvgIpc) is 3.17. The first-order valence-corrected chi connectivity index (χ1v) is 23.0. The molecule has 5 heteroatoms. The summed E-state index contributed by atoms with van der Waals surface area (Å²) in [6, 6.07) is 23.2. The van der Waals surface area contributed by atoms with Gasteiger partial charge in [0.1, 0.15) is 11.5 Å². The fourth-order valence-electron chi connectivity index (χ4n) is 9.23. The largest absolute Gasteiger partial charge is 0.508 e. The van der Waals surface area contributed by atoms with Crippen LogP contribution >= 0.6 is 8.60 Å². The van der Waals surface area contributed by atoms with Gasteiger partial charge in [0, 0.05) is 5.41 Å². The fourth-order valence-corrected chi connectivity index (χ4v) is 9.54. The first-order valence-electron chi connectivity index (χ1n) is 21.9. The minimum absolute atomic E-state index is 0.268. The van der Waals surface area contributed by atoms with Crippen molar-refractivity contribution in [2.24, 2.45) is 0 Å². The van der Waals surface area contributed by atoms with Crippen LogP contribution in [0.5, 0.6) is 11.5 Å². The topological polar surface area (TPSA) is 69.9 Å². The highest BCUT2D eigenvalue weighted by Crippen LogP contribution is 2.55. The minimum Gasteiger partial charge on any atom is -0.508 e. The number of phenolic OH excluding ortho intramolecular Hbond substituents is 1. The second-order valence-corrected chi connectivity index (χ2v) is 16.7. The van der Waals surface area contributed by atoms with Gasteiger partial charge >= 0.3 is 8.60 Å². The van der Waals surface area contributed by atoms with Crippen molar-refractivity contribution >= 4 is 8.60 Å². The van der Waals surface area contributed by atoms with Gasteiger partial charge in [-0.3, -0.25) is 0 Å². The van der Waals surface area contributed by atoms with Crippen LogP contribution in [-0.4, -0.2) is 14.9 Å². The van der Waals surface area contributed by atoms with Gasteiger partial charge in [-0.2, -0.15) is 0 Å². The number of aryl methyl sites for hydroxylation is 1. The monoisotopic (exact) mass is 745 g/mol. The van der Waals surface area contributed by atoms with Crippen LogP contribution in [0.3, 0.4) is 0 Å². The highest BCUT2D eigenvalue weighted by Gasteiger charge is 2.45. The van der Waals surface area contributed by atoms with Crippen molar-refractivity contribution in [1.82, 2.24) is 0 Å². The lowest BCUT2D eigenvalue weighted by molar-refractivity contribution is 0.293. The predicted octanol–water partition coefficient (Wildman–Crippen LogP) is 14.6. The summed E-state index contributed by atoms with van der Waals surface area (Å²) in [5, 5.41) is 10.3. The predicted molar refractivity (Wildman–Crippen MR) is 226 cm³/mol. The molecule has 0 spiro atoms. The third-order valence-electron chi connectivity index (χ3n) is 12.1. The van der Waals surface area contributed by atoms with Crippen LogP contribution in [0.25, 0.3) is 0 Å². The van der Waals surface area contributed by atoms with Crippen LogP contribution in [0, 0.1) is 0 Å². The zero-order valence-corrected chi connectivity index (χ0v) is 34.4. The lowest BCUT2D eigenvalue weighted by Gasteiger charge is -2.46. The van der Waals surface area contributed by atoms with Crippen LogP contribution in [0.4, 0.5) is 0 Å². The summed E-state index contributed by atoms with van der Waals surface area (Å²) in [5.41, 5.74) is 6.88. The lowest BCUT2D eigenvalue weighted by Crippen LogP contribution is -2.38. The van der Waals surface area contributed by atoms with E-state index in [1.54, 1.807) is 11.1 Å². The Balaban J connectivity index is 1.57. The number of phenols is 1. The smallest absolute Gasteiger partial charge is 0.391 e. The minimum atomic E-state index is -2.47. The normalized spacial score (nSPS) is 17.4. The Hall–Kier alpha value is -2.39. The molecule has 0 aliphatic heterocycles. The van der Waals surface area contributed by atoms with E-state index in [1.165, 1.54) is 152 Å². The van der Waals surface area contributed by atoms with Gasteiger partial charge in [0.25, 0.3) is 0 Å².